The molecule has 1 unspecified atom stereocenters. The highest BCUT2D eigenvalue weighted by molar-refractivity contribution is 5.37. The summed E-state index contributed by atoms with van der Waals surface area (Å²) in [5.41, 5.74) is -0.137. The van der Waals surface area contributed by atoms with Gasteiger partial charge >= 0.3 is 0 Å². The first kappa shape index (κ1) is 16.6. The average Bonchev–Trinajstić information content (AvgIpc) is 2.52. The lowest BCUT2D eigenvalue weighted by atomic mass is 10.3. The Morgan fingerprint density at radius 3 is 2.57 bits per heavy atom. The molecule has 0 aliphatic carbocycles. The van der Waals surface area contributed by atoms with E-state index in [-0.39, 0.29) is 30.4 Å². The second-order valence-corrected chi connectivity index (χ2v) is 4.61. The fourth-order valence-electron chi connectivity index (χ4n) is 1.71. The van der Waals surface area contributed by atoms with Crippen LogP contribution in [0.4, 0.5) is 14.5 Å². The number of hydrogen-bond acceptors (Lipinski definition) is 5. The van der Waals surface area contributed by atoms with Gasteiger partial charge in [-0.25, -0.2) is 8.78 Å². The van der Waals surface area contributed by atoms with Crippen LogP contribution >= 0.6 is 0 Å². The van der Waals surface area contributed by atoms with Crippen LogP contribution in [-0.2, 0) is 0 Å². The van der Waals surface area contributed by atoms with Gasteiger partial charge in [-0.3, -0.25) is 10.1 Å². The molecule has 0 aliphatic heterocycles. The molecule has 1 N–H and O–H groups in total. The minimum absolute atomic E-state index is 0.137. The Labute approximate surface area is 130 Å². The van der Waals surface area contributed by atoms with Crippen molar-refractivity contribution < 1.29 is 28.3 Å². The molecule has 0 fully saturated rings. The van der Waals surface area contributed by atoms with Crippen LogP contribution in [0.5, 0.6) is 11.5 Å². The molecule has 0 amide bonds. The predicted molar refractivity (Wildman–Crippen MR) is 76.5 cm³/mol. The van der Waals surface area contributed by atoms with Gasteiger partial charge < -0.3 is 14.6 Å². The van der Waals surface area contributed by atoms with Crippen molar-refractivity contribution in [3.63, 3.8) is 0 Å². The zero-order valence-electron chi connectivity index (χ0n) is 11.8. The molecule has 0 spiro atoms. The summed E-state index contributed by atoms with van der Waals surface area (Å²) in [6.45, 7) is -0.485. The summed E-state index contributed by atoms with van der Waals surface area (Å²) in [5.74, 6) is -1.59. The largest absolute Gasteiger partial charge is 0.490 e. The van der Waals surface area contributed by atoms with E-state index in [9.17, 15) is 24.0 Å². The quantitative estimate of drug-likeness (QED) is 0.625. The van der Waals surface area contributed by atoms with Gasteiger partial charge in [0.2, 0.25) is 0 Å². The number of rotatable bonds is 7. The van der Waals surface area contributed by atoms with Crippen molar-refractivity contribution in [2.24, 2.45) is 0 Å². The van der Waals surface area contributed by atoms with E-state index in [1.54, 1.807) is 0 Å². The van der Waals surface area contributed by atoms with E-state index in [4.69, 9.17) is 9.47 Å². The monoisotopic (exact) mass is 325 g/mol. The maximum absolute atomic E-state index is 13.3. The Morgan fingerprint density at radius 1 is 1.13 bits per heavy atom. The Bertz CT molecular complexity index is 695. The molecule has 23 heavy (non-hydrogen) atoms. The van der Waals surface area contributed by atoms with Crippen molar-refractivity contribution in [3.8, 4) is 11.5 Å². The van der Waals surface area contributed by atoms with Gasteiger partial charge in [-0.1, -0.05) is 6.07 Å². The van der Waals surface area contributed by atoms with Crippen molar-refractivity contribution in [2.45, 2.75) is 6.10 Å². The lowest BCUT2D eigenvalue weighted by Gasteiger charge is -2.14. The number of nitro groups is 1. The van der Waals surface area contributed by atoms with Gasteiger partial charge in [0.15, 0.2) is 11.6 Å². The minimum Gasteiger partial charge on any atom is -0.490 e. The second kappa shape index (κ2) is 7.50. The lowest BCUT2D eigenvalue weighted by molar-refractivity contribution is -0.384. The summed E-state index contributed by atoms with van der Waals surface area (Å²) in [6, 6.07) is 8.28. The van der Waals surface area contributed by atoms with E-state index >= 15 is 0 Å². The van der Waals surface area contributed by atoms with E-state index in [2.05, 4.69) is 0 Å². The number of non-ortho nitro benzene ring substituents is 1. The maximum atomic E-state index is 13.3. The molecule has 0 saturated heterocycles. The number of nitrogens with zero attached hydrogens (tertiary/aromatic N) is 1. The van der Waals surface area contributed by atoms with Gasteiger partial charge in [-0.15, -0.1) is 0 Å². The van der Waals surface area contributed by atoms with Gasteiger partial charge in [-0.05, 0) is 18.2 Å². The van der Waals surface area contributed by atoms with Gasteiger partial charge in [0.25, 0.3) is 5.69 Å². The number of halogens is 2. The van der Waals surface area contributed by atoms with Gasteiger partial charge in [0.05, 0.1) is 11.0 Å². The number of aliphatic hydroxyl groups excluding tert-OH is 1. The number of benzene rings is 2. The number of aliphatic hydroxyl groups is 1. The fourth-order valence-corrected chi connectivity index (χ4v) is 1.71. The van der Waals surface area contributed by atoms with Crippen molar-refractivity contribution in [3.05, 3.63) is 64.2 Å². The van der Waals surface area contributed by atoms with Gasteiger partial charge in [0, 0.05) is 12.1 Å². The molecule has 8 heteroatoms. The normalized spacial score (nSPS) is 11.8. The number of hydrogen-bond donors (Lipinski definition) is 1. The van der Waals surface area contributed by atoms with Gasteiger partial charge in [-0.2, -0.15) is 0 Å². The van der Waals surface area contributed by atoms with Gasteiger partial charge in [0.1, 0.15) is 30.9 Å². The van der Waals surface area contributed by atoms with Crippen molar-refractivity contribution in [1.82, 2.24) is 0 Å². The van der Waals surface area contributed by atoms with Crippen LogP contribution in [0.1, 0.15) is 0 Å². The average molecular weight is 325 g/mol. The zero-order valence-corrected chi connectivity index (χ0v) is 11.8. The zero-order chi connectivity index (χ0) is 16.8. The van der Waals surface area contributed by atoms with E-state index in [1.165, 1.54) is 24.3 Å². The Morgan fingerprint density at radius 2 is 1.87 bits per heavy atom. The smallest absolute Gasteiger partial charge is 0.273 e. The molecule has 0 aromatic heterocycles. The molecule has 2 aromatic rings. The third-order valence-electron chi connectivity index (χ3n) is 2.80. The number of nitro benzene ring substituents is 1. The minimum atomic E-state index is -1.10. The van der Waals surface area contributed by atoms with Crippen LogP contribution in [0, 0.1) is 21.7 Å². The predicted octanol–water partition coefficient (Wildman–Crippen LogP) is 2.69. The van der Waals surface area contributed by atoms with E-state index in [0.717, 1.165) is 12.1 Å². The first-order valence-electron chi connectivity index (χ1n) is 6.59. The molecule has 2 rings (SSSR count). The molecule has 0 saturated carbocycles. The van der Waals surface area contributed by atoms with E-state index < -0.39 is 22.7 Å². The number of ether oxygens (including phenoxy) is 2. The SMILES string of the molecule is O=[N+]([O-])c1cccc(OCC(O)COc2ccc(F)cc2F)c1. The van der Waals surface area contributed by atoms with Crippen molar-refractivity contribution in [2.75, 3.05) is 13.2 Å². The van der Waals surface area contributed by atoms with Crippen LogP contribution in [0.3, 0.4) is 0 Å². The fraction of sp³-hybridized carbons (Fsp3) is 0.200. The summed E-state index contributed by atoms with van der Waals surface area (Å²) in [4.78, 5) is 10.1. The Balaban J connectivity index is 1.84. The lowest BCUT2D eigenvalue weighted by Crippen LogP contribution is -2.25. The molecule has 1 atom stereocenters. The molecule has 0 aliphatic rings. The highest BCUT2D eigenvalue weighted by atomic mass is 19.1. The molecule has 2 aromatic carbocycles. The van der Waals surface area contributed by atoms with Crippen molar-refractivity contribution >= 4 is 5.69 Å². The molecule has 0 bridgehead atoms. The third-order valence-corrected chi connectivity index (χ3v) is 2.80. The summed E-state index contributed by atoms with van der Waals surface area (Å²) in [7, 11) is 0. The highest BCUT2D eigenvalue weighted by Crippen LogP contribution is 2.20. The molecule has 122 valence electrons. The second-order valence-electron chi connectivity index (χ2n) is 4.61. The summed E-state index contributed by atoms with van der Waals surface area (Å²) in [6.07, 6.45) is -1.10. The highest BCUT2D eigenvalue weighted by Gasteiger charge is 2.11. The van der Waals surface area contributed by atoms with E-state index in [0.29, 0.717) is 6.07 Å². The molecule has 0 heterocycles. The van der Waals surface area contributed by atoms with Crippen LogP contribution < -0.4 is 9.47 Å². The van der Waals surface area contributed by atoms with Crippen LogP contribution in [0.2, 0.25) is 0 Å². The standard InChI is InChI=1S/C15H13F2NO5/c16-10-4-5-15(14(17)6-10)23-9-12(19)8-22-13-3-1-2-11(7-13)18(20)21/h1-7,12,19H,8-9H2. The first-order valence-corrected chi connectivity index (χ1v) is 6.59. The molecule has 0 radical (unpaired) electrons. The maximum Gasteiger partial charge on any atom is 0.273 e. The molecular formula is C15H13F2NO5. The topological polar surface area (TPSA) is 81.8 Å². The first-order chi connectivity index (χ1) is 11.0. The summed E-state index contributed by atoms with van der Waals surface area (Å²) in [5, 5.41) is 20.3. The van der Waals surface area contributed by atoms with E-state index in [1.807, 2.05) is 0 Å². The summed E-state index contributed by atoms with van der Waals surface area (Å²) >= 11 is 0. The third kappa shape index (κ3) is 4.89. The molecular weight excluding hydrogens is 312 g/mol. The van der Waals surface area contributed by atoms with Crippen LogP contribution in [0.15, 0.2) is 42.5 Å². The Hall–Kier alpha value is -2.74. The van der Waals surface area contributed by atoms with Crippen molar-refractivity contribution in [1.29, 1.82) is 0 Å². The summed E-state index contributed by atoms with van der Waals surface area (Å²) < 4.78 is 36.3. The van der Waals surface area contributed by atoms with Crippen LogP contribution in [0.25, 0.3) is 0 Å². The van der Waals surface area contributed by atoms with Crippen LogP contribution in [-0.4, -0.2) is 29.3 Å². The molecule has 6 nitrogen and oxygen atoms in total. The Kier molecular flexibility index (Phi) is 5.42.